The maximum Gasteiger partial charge on any atom is 0.416 e. The fraction of sp³-hybridized carbons (Fsp3) is 0.438. The van der Waals surface area contributed by atoms with Crippen molar-refractivity contribution in [2.24, 2.45) is 0 Å². The highest BCUT2D eigenvalue weighted by Crippen LogP contribution is 2.31. The third-order valence-corrected chi connectivity index (χ3v) is 3.99. The van der Waals surface area contributed by atoms with Crippen LogP contribution in [0.5, 0.6) is 0 Å². The Morgan fingerprint density at radius 3 is 2.61 bits per heavy atom. The van der Waals surface area contributed by atoms with Crippen LogP contribution in [0.3, 0.4) is 0 Å². The first-order chi connectivity index (χ1) is 11.0. The Balaban J connectivity index is 1.59. The molecule has 2 heterocycles. The molecule has 0 unspecified atom stereocenters. The quantitative estimate of drug-likeness (QED) is 0.866. The monoisotopic (exact) mass is 325 g/mol. The Hall–Kier alpha value is -1.86. The highest BCUT2D eigenvalue weighted by molar-refractivity contribution is 5.26. The van der Waals surface area contributed by atoms with E-state index in [1.54, 1.807) is 12.5 Å². The summed E-state index contributed by atoms with van der Waals surface area (Å²) < 4.78 is 45.6. The van der Waals surface area contributed by atoms with Crippen molar-refractivity contribution in [3.05, 3.63) is 54.1 Å². The SMILES string of the molecule is FC(F)(F)c1ccc([C@H]2CN(CCn3ccnc3)CCO2)cc1. The predicted molar refractivity (Wildman–Crippen MR) is 78.8 cm³/mol. The number of aromatic nitrogens is 2. The smallest absolute Gasteiger partial charge is 0.371 e. The molecule has 0 N–H and O–H groups in total. The van der Waals surface area contributed by atoms with Crippen molar-refractivity contribution in [3.63, 3.8) is 0 Å². The molecule has 1 aromatic heterocycles. The second-order valence-corrected chi connectivity index (χ2v) is 5.58. The molecule has 23 heavy (non-hydrogen) atoms. The van der Waals surface area contributed by atoms with E-state index in [0.29, 0.717) is 13.2 Å². The summed E-state index contributed by atoms with van der Waals surface area (Å²) in [5, 5.41) is 0. The molecule has 124 valence electrons. The fourth-order valence-electron chi connectivity index (χ4n) is 2.67. The summed E-state index contributed by atoms with van der Waals surface area (Å²) in [6.45, 7) is 3.78. The zero-order chi connectivity index (χ0) is 16.3. The van der Waals surface area contributed by atoms with Crippen LogP contribution in [0, 0.1) is 0 Å². The second kappa shape index (κ2) is 6.72. The van der Waals surface area contributed by atoms with Gasteiger partial charge in [-0.2, -0.15) is 13.2 Å². The van der Waals surface area contributed by atoms with Gasteiger partial charge in [0.25, 0.3) is 0 Å². The predicted octanol–water partition coefficient (Wildman–Crippen LogP) is 2.98. The van der Waals surface area contributed by atoms with Gasteiger partial charge >= 0.3 is 6.18 Å². The molecule has 1 aliphatic rings. The van der Waals surface area contributed by atoms with Gasteiger partial charge in [0.15, 0.2) is 0 Å². The van der Waals surface area contributed by atoms with Crippen LogP contribution in [0.1, 0.15) is 17.2 Å². The fourth-order valence-corrected chi connectivity index (χ4v) is 2.67. The molecule has 1 aromatic carbocycles. The molecule has 0 bridgehead atoms. The van der Waals surface area contributed by atoms with Crippen molar-refractivity contribution in [1.82, 2.24) is 14.5 Å². The highest BCUT2D eigenvalue weighted by Gasteiger charge is 2.30. The van der Waals surface area contributed by atoms with Gasteiger partial charge in [-0.05, 0) is 17.7 Å². The first kappa shape index (κ1) is 16.0. The number of halogens is 3. The number of benzene rings is 1. The Kier molecular flexibility index (Phi) is 4.68. The Bertz CT molecular complexity index is 611. The normalized spacial score (nSPS) is 19.9. The molecule has 0 saturated carbocycles. The molecule has 1 aliphatic heterocycles. The van der Waals surface area contributed by atoms with Crippen molar-refractivity contribution in [3.8, 4) is 0 Å². The molecule has 3 rings (SSSR count). The van der Waals surface area contributed by atoms with E-state index in [4.69, 9.17) is 4.74 Å². The number of nitrogens with zero attached hydrogens (tertiary/aromatic N) is 3. The van der Waals surface area contributed by atoms with E-state index in [1.807, 2.05) is 10.8 Å². The molecule has 0 amide bonds. The highest BCUT2D eigenvalue weighted by atomic mass is 19.4. The van der Waals surface area contributed by atoms with Gasteiger partial charge in [-0.3, -0.25) is 4.90 Å². The third-order valence-electron chi connectivity index (χ3n) is 3.99. The van der Waals surface area contributed by atoms with Crippen LogP contribution in [0.25, 0.3) is 0 Å². The van der Waals surface area contributed by atoms with Gasteiger partial charge in [0.1, 0.15) is 0 Å². The average molecular weight is 325 g/mol. The summed E-state index contributed by atoms with van der Waals surface area (Å²) in [5.41, 5.74) is 0.152. The van der Waals surface area contributed by atoms with E-state index in [0.717, 1.165) is 37.3 Å². The molecule has 0 radical (unpaired) electrons. The molecular formula is C16H18F3N3O. The van der Waals surface area contributed by atoms with Crippen molar-refractivity contribution in [2.75, 3.05) is 26.2 Å². The minimum atomic E-state index is -4.30. The van der Waals surface area contributed by atoms with E-state index in [1.165, 1.54) is 12.1 Å². The molecular weight excluding hydrogens is 307 g/mol. The summed E-state index contributed by atoms with van der Waals surface area (Å²) in [5.74, 6) is 0. The van der Waals surface area contributed by atoms with Gasteiger partial charge in [0.05, 0.1) is 24.6 Å². The third kappa shape index (κ3) is 4.11. The molecule has 0 spiro atoms. The Morgan fingerprint density at radius 2 is 1.96 bits per heavy atom. The van der Waals surface area contributed by atoms with Gasteiger partial charge in [0, 0.05) is 38.6 Å². The number of hydrogen-bond donors (Lipinski definition) is 0. The first-order valence-electron chi connectivity index (χ1n) is 7.49. The Labute approximate surface area is 132 Å². The number of ether oxygens (including phenoxy) is 1. The van der Waals surface area contributed by atoms with Crippen LogP contribution in [-0.4, -0.2) is 40.7 Å². The van der Waals surface area contributed by atoms with Gasteiger partial charge in [-0.25, -0.2) is 4.98 Å². The van der Waals surface area contributed by atoms with Crippen molar-refractivity contribution < 1.29 is 17.9 Å². The number of rotatable bonds is 4. The van der Waals surface area contributed by atoms with Crippen LogP contribution < -0.4 is 0 Å². The van der Waals surface area contributed by atoms with E-state index >= 15 is 0 Å². The summed E-state index contributed by atoms with van der Waals surface area (Å²) in [4.78, 5) is 6.26. The molecule has 2 aromatic rings. The summed E-state index contributed by atoms with van der Waals surface area (Å²) in [7, 11) is 0. The number of morpholine rings is 1. The van der Waals surface area contributed by atoms with E-state index in [-0.39, 0.29) is 6.10 Å². The van der Waals surface area contributed by atoms with E-state index in [9.17, 15) is 13.2 Å². The molecule has 1 saturated heterocycles. The van der Waals surface area contributed by atoms with E-state index in [2.05, 4.69) is 9.88 Å². The summed E-state index contributed by atoms with van der Waals surface area (Å²) in [6, 6.07) is 5.24. The lowest BCUT2D eigenvalue weighted by molar-refractivity contribution is -0.137. The maximum absolute atomic E-state index is 12.6. The lowest BCUT2D eigenvalue weighted by Crippen LogP contribution is -2.39. The van der Waals surface area contributed by atoms with Crippen LogP contribution in [-0.2, 0) is 17.5 Å². The lowest BCUT2D eigenvalue weighted by atomic mass is 10.1. The number of alkyl halides is 3. The van der Waals surface area contributed by atoms with Gasteiger partial charge in [-0.15, -0.1) is 0 Å². The van der Waals surface area contributed by atoms with Crippen LogP contribution in [0.2, 0.25) is 0 Å². The zero-order valence-corrected chi connectivity index (χ0v) is 12.5. The molecule has 4 nitrogen and oxygen atoms in total. The minimum Gasteiger partial charge on any atom is -0.371 e. The van der Waals surface area contributed by atoms with Crippen molar-refractivity contribution >= 4 is 0 Å². The van der Waals surface area contributed by atoms with Crippen LogP contribution in [0.15, 0.2) is 43.0 Å². The first-order valence-corrected chi connectivity index (χ1v) is 7.49. The van der Waals surface area contributed by atoms with Crippen molar-refractivity contribution in [1.29, 1.82) is 0 Å². The van der Waals surface area contributed by atoms with Crippen LogP contribution >= 0.6 is 0 Å². The van der Waals surface area contributed by atoms with Crippen LogP contribution in [0.4, 0.5) is 13.2 Å². The van der Waals surface area contributed by atoms with Gasteiger partial charge in [0.2, 0.25) is 0 Å². The standard InChI is InChI=1S/C16H18F3N3O/c17-16(18,19)14-3-1-13(2-4-14)15-11-21(9-10-23-15)7-8-22-6-5-20-12-22/h1-6,12,15H,7-11H2/t15-/m1/s1. The average Bonchev–Trinajstić information content (AvgIpc) is 3.06. The summed E-state index contributed by atoms with van der Waals surface area (Å²) in [6.07, 6.45) is 0.933. The summed E-state index contributed by atoms with van der Waals surface area (Å²) >= 11 is 0. The number of hydrogen-bond acceptors (Lipinski definition) is 3. The molecule has 7 heteroatoms. The zero-order valence-electron chi connectivity index (χ0n) is 12.5. The van der Waals surface area contributed by atoms with Gasteiger partial charge in [-0.1, -0.05) is 12.1 Å². The lowest BCUT2D eigenvalue weighted by Gasteiger charge is -2.33. The van der Waals surface area contributed by atoms with E-state index < -0.39 is 11.7 Å². The molecule has 1 atom stereocenters. The largest absolute Gasteiger partial charge is 0.416 e. The molecule has 0 aliphatic carbocycles. The topological polar surface area (TPSA) is 30.3 Å². The van der Waals surface area contributed by atoms with Crippen molar-refractivity contribution in [2.45, 2.75) is 18.8 Å². The van der Waals surface area contributed by atoms with Gasteiger partial charge < -0.3 is 9.30 Å². The number of imidazole rings is 1. The second-order valence-electron chi connectivity index (χ2n) is 5.58. The Morgan fingerprint density at radius 1 is 1.17 bits per heavy atom. The minimum absolute atomic E-state index is 0.186. The maximum atomic E-state index is 12.6. The molecule has 1 fully saturated rings.